The van der Waals surface area contributed by atoms with E-state index in [0.29, 0.717) is 24.8 Å². The molecule has 0 saturated heterocycles. The van der Waals surface area contributed by atoms with Crippen LogP contribution in [0, 0.1) is 5.92 Å². The molecule has 0 amide bonds. The normalized spacial score (nSPS) is 11.0. The highest BCUT2D eigenvalue weighted by Gasteiger charge is 2.07. The Morgan fingerprint density at radius 3 is 2.95 bits per heavy atom. The second-order valence-electron chi connectivity index (χ2n) is 5.31. The van der Waals surface area contributed by atoms with E-state index in [4.69, 9.17) is 13.9 Å². The molecule has 1 aromatic heterocycles. The van der Waals surface area contributed by atoms with Gasteiger partial charge in [0.25, 0.3) is 0 Å². The molecular weight excluding hydrogens is 268 g/mol. The minimum absolute atomic E-state index is 0.255. The van der Waals surface area contributed by atoms with E-state index in [9.17, 15) is 0 Å². The van der Waals surface area contributed by atoms with Crippen LogP contribution in [0.4, 0.5) is 0 Å². The predicted octanol–water partition coefficient (Wildman–Crippen LogP) is 3.36. The van der Waals surface area contributed by atoms with Crippen LogP contribution < -0.4 is 10.1 Å². The van der Waals surface area contributed by atoms with E-state index in [-0.39, 0.29) is 6.08 Å². The minimum Gasteiger partial charge on any atom is -0.417 e. The molecule has 114 valence electrons. The number of hydrogen-bond donors (Lipinski definition) is 1. The second kappa shape index (κ2) is 7.81. The molecule has 0 aliphatic carbocycles. The van der Waals surface area contributed by atoms with E-state index in [0.717, 1.165) is 17.8 Å². The summed E-state index contributed by atoms with van der Waals surface area (Å²) in [7, 11) is 1.66. The number of nitrogens with zero attached hydrogens (tertiary/aromatic N) is 1. The summed E-state index contributed by atoms with van der Waals surface area (Å²) >= 11 is 0. The second-order valence-corrected chi connectivity index (χ2v) is 5.31. The topological polar surface area (TPSA) is 56.5 Å². The third kappa shape index (κ3) is 5.21. The standard InChI is InChI=1S/C16H22N2O3/c1-12(2)8-17-9-14-11-20-16(18-14)21-15-6-4-5-13(7-15)10-19-3/h4-7,11-12,17H,8-10H2,1-3H3. The Morgan fingerprint density at radius 1 is 1.33 bits per heavy atom. The first-order chi connectivity index (χ1) is 10.2. The Bertz CT molecular complexity index is 552. The Kier molecular flexibility index (Phi) is 5.78. The van der Waals surface area contributed by atoms with Crippen molar-refractivity contribution in [1.29, 1.82) is 0 Å². The van der Waals surface area contributed by atoms with Gasteiger partial charge in [-0.05, 0) is 30.2 Å². The lowest BCUT2D eigenvalue weighted by Crippen LogP contribution is -2.19. The summed E-state index contributed by atoms with van der Waals surface area (Å²) in [5.74, 6) is 1.30. The lowest BCUT2D eigenvalue weighted by atomic mass is 10.2. The highest BCUT2D eigenvalue weighted by atomic mass is 16.6. The van der Waals surface area contributed by atoms with Crippen LogP contribution in [0.15, 0.2) is 34.9 Å². The van der Waals surface area contributed by atoms with Crippen molar-refractivity contribution in [3.8, 4) is 11.8 Å². The van der Waals surface area contributed by atoms with Crippen LogP contribution >= 0.6 is 0 Å². The van der Waals surface area contributed by atoms with Crippen LogP contribution in [0.2, 0.25) is 0 Å². The molecule has 1 heterocycles. The van der Waals surface area contributed by atoms with Crippen LogP contribution in [-0.4, -0.2) is 18.6 Å². The zero-order valence-electron chi connectivity index (χ0n) is 12.8. The highest BCUT2D eigenvalue weighted by Crippen LogP contribution is 2.22. The summed E-state index contributed by atoms with van der Waals surface area (Å²) in [6.07, 6.45) is 1.87. The molecule has 0 radical (unpaired) electrons. The van der Waals surface area contributed by atoms with Crippen LogP contribution in [0.3, 0.4) is 0 Å². The number of oxazole rings is 1. The molecule has 0 spiro atoms. The number of hydrogen-bond acceptors (Lipinski definition) is 5. The van der Waals surface area contributed by atoms with Gasteiger partial charge >= 0.3 is 6.08 Å². The molecule has 0 atom stereocenters. The first-order valence-corrected chi connectivity index (χ1v) is 7.08. The molecule has 5 heteroatoms. The number of methoxy groups -OCH3 is 1. The first kappa shape index (κ1) is 15.5. The summed E-state index contributed by atoms with van der Waals surface area (Å²) in [5.41, 5.74) is 1.87. The van der Waals surface area contributed by atoms with Gasteiger partial charge in [0, 0.05) is 13.7 Å². The highest BCUT2D eigenvalue weighted by molar-refractivity contribution is 5.29. The van der Waals surface area contributed by atoms with Crippen LogP contribution in [-0.2, 0) is 17.9 Å². The largest absolute Gasteiger partial charge is 0.417 e. The fourth-order valence-corrected chi connectivity index (χ4v) is 1.87. The average molecular weight is 290 g/mol. The Morgan fingerprint density at radius 2 is 2.19 bits per heavy atom. The van der Waals surface area contributed by atoms with Crippen molar-refractivity contribution in [1.82, 2.24) is 10.3 Å². The van der Waals surface area contributed by atoms with Crippen molar-refractivity contribution in [2.75, 3.05) is 13.7 Å². The fraction of sp³-hybridized carbons (Fsp3) is 0.438. The summed E-state index contributed by atoms with van der Waals surface area (Å²) in [6.45, 7) is 6.50. The Labute approximate surface area is 125 Å². The minimum atomic E-state index is 0.255. The fourth-order valence-electron chi connectivity index (χ4n) is 1.87. The zero-order chi connectivity index (χ0) is 15.1. The van der Waals surface area contributed by atoms with E-state index in [2.05, 4.69) is 24.1 Å². The summed E-state index contributed by atoms with van der Waals surface area (Å²) in [6, 6.07) is 7.66. The first-order valence-electron chi connectivity index (χ1n) is 7.08. The molecule has 2 aromatic rings. The Balaban J connectivity index is 1.91. The van der Waals surface area contributed by atoms with E-state index in [1.807, 2.05) is 24.3 Å². The van der Waals surface area contributed by atoms with Crippen LogP contribution in [0.1, 0.15) is 25.1 Å². The van der Waals surface area contributed by atoms with Crippen molar-refractivity contribution < 1.29 is 13.9 Å². The lowest BCUT2D eigenvalue weighted by Gasteiger charge is -2.04. The van der Waals surface area contributed by atoms with Gasteiger partial charge in [0.15, 0.2) is 0 Å². The van der Waals surface area contributed by atoms with Gasteiger partial charge in [-0.3, -0.25) is 0 Å². The molecular formula is C16H22N2O3. The van der Waals surface area contributed by atoms with E-state index < -0.39 is 0 Å². The summed E-state index contributed by atoms with van der Waals surface area (Å²) < 4.78 is 16.0. The van der Waals surface area contributed by atoms with Crippen LogP contribution in [0.25, 0.3) is 0 Å². The number of aromatic nitrogens is 1. The van der Waals surface area contributed by atoms with Gasteiger partial charge < -0.3 is 19.2 Å². The molecule has 21 heavy (non-hydrogen) atoms. The zero-order valence-corrected chi connectivity index (χ0v) is 12.8. The molecule has 0 aliphatic rings. The third-order valence-corrected chi connectivity index (χ3v) is 2.80. The third-order valence-electron chi connectivity index (χ3n) is 2.80. The van der Waals surface area contributed by atoms with Gasteiger partial charge in [0.1, 0.15) is 12.0 Å². The van der Waals surface area contributed by atoms with E-state index in [1.54, 1.807) is 13.4 Å². The monoisotopic (exact) mass is 290 g/mol. The van der Waals surface area contributed by atoms with Gasteiger partial charge in [0.2, 0.25) is 0 Å². The molecule has 0 saturated carbocycles. The van der Waals surface area contributed by atoms with Crippen molar-refractivity contribution in [3.63, 3.8) is 0 Å². The van der Waals surface area contributed by atoms with Gasteiger partial charge in [-0.25, -0.2) is 0 Å². The SMILES string of the molecule is COCc1cccc(Oc2nc(CNCC(C)C)co2)c1. The van der Waals surface area contributed by atoms with Gasteiger partial charge in [0.05, 0.1) is 12.3 Å². The van der Waals surface area contributed by atoms with Crippen LogP contribution in [0.5, 0.6) is 11.8 Å². The van der Waals surface area contributed by atoms with Crippen molar-refractivity contribution >= 4 is 0 Å². The number of ether oxygens (including phenoxy) is 2. The van der Waals surface area contributed by atoms with Crippen molar-refractivity contribution in [3.05, 3.63) is 41.8 Å². The predicted molar refractivity (Wildman–Crippen MR) is 80.3 cm³/mol. The maximum atomic E-state index is 5.61. The molecule has 5 nitrogen and oxygen atoms in total. The van der Waals surface area contributed by atoms with E-state index >= 15 is 0 Å². The average Bonchev–Trinajstić information content (AvgIpc) is 2.87. The van der Waals surface area contributed by atoms with Crippen molar-refractivity contribution in [2.45, 2.75) is 27.0 Å². The molecule has 0 aliphatic heterocycles. The Hall–Kier alpha value is -1.85. The van der Waals surface area contributed by atoms with E-state index in [1.165, 1.54) is 0 Å². The molecule has 0 bridgehead atoms. The van der Waals surface area contributed by atoms with Crippen molar-refractivity contribution in [2.24, 2.45) is 5.92 Å². The van der Waals surface area contributed by atoms with Gasteiger partial charge in [-0.1, -0.05) is 26.0 Å². The number of nitrogens with one attached hydrogen (secondary N) is 1. The molecule has 0 unspecified atom stereocenters. The van der Waals surface area contributed by atoms with Gasteiger partial charge in [-0.2, -0.15) is 4.98 Å². The molecule has 0 fully saturated rings. The number of rotatable bonds is 8. The molecule has 1 aromatic carbocycles. The maximum Gasteiger partial charge on any atom is 0.399 e. The maximum absolute atomic E-state index is 5.61. The summed E-state index contributed by atoms with van der Waals surface area (Å²) in [5, 5.41) is 3.31. The smallest absolute Gasteiger partial charge is 0.399 e. The molecule has 1 N–H and O–H groups in total. The molecule has 2 rings (SSSR count). The quantitative estimate of drug-likeness (QED) is 0.808. The lowest BCUT2D eigenvalue weighted by molar-refractivity contribution is 0.184. The van der Waals surface area contributed by atoms with Gasteiger partial charge in [-0.15, -0.1) is 0 Å². The number of benzene rings is 1. The summed E-state index contributed by atoms with van der Waals surface area (Å²) in [4.78, 5) is 4.30.